The van der Waals surface area contributed by atoms with Crippen molar-refractivity contribution in [3.8, 4) is 5.75 Å². The number of hydrogen-bond donors (Lipinski definition) is 2. The van der Waals surface area contributed by atoms with Gasteiger partial charge in [0.1, 0.15) is 0 Å². The third-order valence-electron chi connectivity index (χ3n) is 0.971. The Kier molecular flexibility index (Phi) is 7.10. The summed E-state index contributed by atoms with van der Waals surface area (Å²) in [6.07, 6.45) is 0. The van der Waals surface area contributed by atoms with Crippen LogP contribution in [0.2, 0.25) is 0 Å². The van der Waals surface area contributed by atoms with Crippen LogP contribution in [0.1, 0.15) is 0 Å². The van der Waals surface area contributed by atoms with Crippen LogP contribution >= 0.6 is 7.92 Å². The Labute approximate surface area is 62.1 Å². The second-order valence-corrected chi connectivity index (χ2v) is 2.71. The molecule has 0 saturated carbocycles. The molecule has 60 valence electrons. The molecule has 0 aliphatic rings. The summed E-state index contributed by atoms with van der Waals surface area (Å²) >= 11 is 0. The normalized spacial score (nSPS) is 9.50. The molecule has 0 aliphatic carbocycles. The molecule has 0 amide bonds. The Morgan fingerprint density at radius 1 is 1.60 bits per heavy atom. The Hall–Kier alpha value is -0.110. The quantitative estimate of drug-likeness (QED) is 0.460. The van der Waals surface area contributed by atoms with Crippen LogP contribution in [0.4, 0.5) is 0 Å². The summed E-state index contributed by atoms with van der Waals surface area (Å²) in [5, 5.41) is 8.47. The van der Waals surface area contributed by atoms with Gasteiger partial charge >= 0.3 is 55.1 Å². The van der Waals surface area contributed by atoms with Gasteiger partial charge in [-0.05, 0) is 0 Å². The molecule has 0 heterocycles. The maximum Gasteiger partial charge on any atom is -0.344 e. The fourth-order valence-electron chi connectivity index (χ4n) is 0.411. The minimum Gasteiger partial charge on any atom is -0.344 e. The van der Waals surface area contributed by atoms with Gasteiger partial charge in [0, 0.05) is 0 Å². The molecule has 4 N–H and O–H groups in total. The topological polar surface area (TPSA) is 72.3 Å². The molecule has 0 aliphatic heterocycles. The Morgan fingerprint density at radius 2 is 2.10 bits per heavy atom. The standard InChI is InChI=1S/C5H11NO2P.H3N/c1-6(2,3-4-7)5-9-8;/h7H,3-4H2,1-2H3;1H3/q+1;. The first-order valence-corrected chi connectivity index (χ1v) is 3.47. The molecule has 0 bridgehead atoms. The molecular formula is C5H14N2O2P+. The molecule has 0 atom stereocenters. The van der Waals surface area contributed by atoms with Gasteiger partial charge in [-0.1, -0.05) is 0 Å². The molecule has 0 aromatic carbocycles. The molecule has 0 radical (unpaired) electrons. The summed E-state index contributed by atoms with van der Waals surface area (Å²) in [6.45, 7) is 0.644. The molecule has 0 unspecified atom stereocenters. The van der Waals surface area contributed by atoms with Crippen LogP contribution in [0, 0.1) is 5.75 Å². The van der Waals surface area contributed by atoms with Gasteiger partial charge in [0.2, 0.25) is 0 Å². The first-order valence-electron chi connectivity index (χ1n) is 2.66. The van der Waals surface area contributed by atoms with Crippen molar-refractivity contribution in [2.75, 3.05) is 27.2 Å². The minimum atomic E-state index is -0.105. The SMILES string of the molecule is C[N+](C)(C#P=O)CCO.N. The molecule has 10 heavy (non-hydrogen) atoms. The van der Waals surface area contributed by atoms with E-state index in [1.165, 1.54) is 0 Å². The van der Waals surface area contributed by atoms with Gasteiger partial charge in [0.25, 0.3) is 0 Å². The van der Waals surface area contributed by atoms with E-state index in [9.17, 15) is 4.57 Å². The summed E-state index contributed by atoms with van der Waals surface area (Å²) in [4.78, 5) is 0. The van der Waals surface area contributed by atoms with Gasteiger partial charge in [0.05, 0.1) is 0 Å². The number of quaternary nitrogens is 1. The van der Waals surface area contributed by atoms with Gasteiger partial charge in [-0.15, -0.1) is 0 Å². The number of hydrogen-bond acceptors (Lipinski definition) is 3. The fourth-order valence-corrected chi connectivity index (χ4v) is 0.732. The Morgan fingerprint density at radius 3 is 2.40 bits per heavy atom. The van der Waals surface area contributed by atoms with Crippen LogP contribution in [0.25, 0.3) is 0 Å². The van der Waals surface area contributed by atoms with E-state index in [0.29, 0.717) is 11.0 Å². The summed E-state index contributed by atoms with van der Waals surface area (Å²) in [6, 6.07) is 0. The maximum atomic E-state index is 9.98. The van der Waals surface area contributed by atoms with Gasteiger partial charge in [-0.25, -0.2) is 0 Å². The molecule has 0 aromatic heterocycles. The van der Waals surface area contributed by atoms with Crippen molar-refractivity contribution in [2.45, 2.75) is 0 Å². The van der Waals surface area contributed by atoms with Crippen molar-refractivity contribution >= 4 is 7.92 Å². The number of likely N-dealkylation sites (N-methyl/N-ethyl adjacent to an activating group) is 1. The maximum absolute atomic E-state index is 9.98. The first kappa shape index (κ1) is 12.6. The largest absolute Gasteiger partial charge is 0.344 e. The number of aliphatic hydroxyl groups is 1. The molecular weight excluding hydrogens is 151 g/mol. The predicted molar refractivity (Wildman–Crippen MR) is 40.6 cm³/mol. The van der Waals surface area contributed by atoms with Gasteiger partial charge < -0.3 is 6.15 Å². The Balaban J connectivity index is 0. The second-order valence-electron chi connectivity index (χ2n) is 2.32. The molecule has 0 rings (SSSR count). The van der Waals surface area contributed by atoms with Crippen molar-refractivity contribution in [3.05, 3.63) is 0 Å². The van der Waals surface area contributed by atoms with Crippen molar-refractivity contribution in [1.82, 2.24) is 6.15 Å². The van der Waals surface area contributed by atoms with E-state index >= 15 is 0 Å². The van der Waals surface area contributed by atoms with E-state index < -0.39 is 0 Å². The molecule has 4 nitrogen and oxygen atoms in total. The molecule has 0 aromatic rings. The summed E-state index contributed by atoms with van der Waals surface area (Å²) in [7, 11) is 3.54. The average molecular weight is 165 g/mol. The van der Waals surface area contributed by atoms with Crippen LogP contribution in [0.15, 0.2) is 0 Å². The number of nitrogens with zero attached hydrogens (tertiary/aromatic N) is 1. The van der Waals surface area contributed by atoms with Crippen LogP contribution in [-0.2, 0) is 4.57 Å². The number of aliphatic hydroxyl groups excluding tert-OH is 1. The van der Waals surface area contributed by atoms with E-state index in [-0.39, 0.29) is 20.7 Å². The summed E-state index contributed by atoms with van der Waals surface area (Å²) in [5.41, 5.74) is 0. The van der Waals surface area contributed by atoms with Gasteiger partial charge in [-0.2, -0.15) is 0 Å². The van der Waals surface area contributed by atoms with E-state index in [0.717, 1.165) is 0 Å². The Bertz CT molecular complexity index is 173. The molecule has 5 heteroatoms. The monoisotopic (exact) mass is 165 g/mol. The second kappa shape index (κ2) is 5.66. The van der Waals surface area contributed by atoms with Gasteiger partial charge in [-0.3, -0.25) is 0 Å². The van der Waals surface area contributed by atoms with E-state index in [2.05, 4.69) is 5.75 Å². The summed E-state index contributed by atoms with van der Waals surface area (Å²) in [5.74, 6) is 2.62. The molecule has 0 fully saturated rings. The third-order valence-corrected chi connectivity index (χ3v) is 1.59. The van der Waals surface area contributed by atoms with Crippen molar-refractivity contribution in [3.63, 3.8) is 0 Å². The van der Waals surface area contributed by atoms with E-state index in [4.69, 9.17) is 5.11 Å². The minimum absolute atomic E-state index is 0. The van der Waals surface area contributed by atoms with Crippen molar-refractivity contribution in [1.29, 1.82) is 0 Å². The zero-order valence-corrected chi connectivity index (χ0v) is 7.27. The molecule has 0 saturated heterocycles. The average Bonchev–Trinajstić information content (AvgIpc) is 1.64. The van der Waals surface area contributed by atoms with Crippen molar-refractivity contribution in [2.24, 2.45) is 0 Å². The van der Waals surface area contributed by atoms with Crippen LogP contribution < -0.4 is 6.15 Å². The van der Waals surface area contributed by atoms with E-state index in [1.54, 1.807) is 0 Å². The van der Waals surface area contributed by atoms with Crippen LogP contribution in [0.3, 0.4) is 0 Å². The zero-order valence-electron chi connectivity index (χ0n) is 6.37. The fraction of sp³-hybridized carbons (Fsp3) is 0.800. The van der Waals surface area contributed by atoms with E-state index in [1.807, 2.05) is 14.1 Å². The molecule has 0 spiro atoms. The zero-order chi connectivity index (χ0) is 7.33. The predicted octanol–water partition coefficient (Wildman–Crippen LogP) is 0.425. The summed E-state index contributed by atoms with van der Waals surface area (Å²) < 4.78 is 10.3. The van der Waals surface area contributed by atoms with Gasteiger partial charge in [0.15, 0.2) is 0 Å². The first-order chi connectivity index (χ1) is 4.12. The van der Waals surface area contributed by atoms with Crippen LogP contribution in [0.5, 0.6) is 0 Å². The van der Waals surface area contributed by atoms with Crippen LogP contribution in [-0.4, -0.2) is 36.8 Å². The smallest absolute Gasteiger partial charge is 0.344 e. The third kappa shape index (κ3) is 6.02. The number of rotatable bonds is 2. The van der Waals surface area contributed by atoms with Crippen molar-refractivity contribution < 1.29 is 14.2 Å².